The van der Waals surface area contributed by atoms with Gasteiger partial charge in [0.15, 0.2) is 0 Å². The highest BCUT2D eigenvalue weighted by Gasteiger charge is 2.23. The fourth-order valence-corrected chi connectivity index (χ4v) is 3.65. The smallest absolute Gasteiger partial charge is 0.258 e. The highest BCUT2D eigenvalue weighted by molar-refractivity contribution is 7.99. The molecule has 9 heteroatoms. The second kappa shape index (κ2) is 6.75. The van der Waals surface area contributed by atoms with Crippen molar-refractivity contribution < 1.29 is 4.92 Å². The van der Waals surface area contributed by atoms with Crippen molar-refractivity contribution in [1.29, 1.82) is 5.26 Å². The maximum Gasteiger partial charge on any atom is 0.284 e. The predicted octanol–water partition coefficient (Wildman–Crippen LogP) is 3.11. The van der Waals surface area contributed by atoms with Crippen molar-refractivity contribution in [2.24, 2.45) is 0 Å². The molecule has 0 spiro atoms. The normalized spacial score (nSPS) is 15.3. The summed E-state index contributed by atoms with van der Waals surface area (Å²) in [5.74, 6) is 0. The molecule has 118 valence electrons. The summed E-state index contributed by atoms with van der Waals surface area (Å²) in [6, 6.07) is 6.57. The molecule has 0 N–H and O–H groups in total. The predicted molar refractivity (Wildman–Crippen MR) is 81.9 cm³/mol. The van der Waals surface area contributed by atoms with E-state index >= 15 is 0 Å². The summed E-state index contributed by atoms with van der Waals surface area (Å²) in [6.45, 7) is 0. The van der Waals surface area contributed by atoms with E-state index in [1.54, 1.807) is 16.8 Å². The Morgan fingerprint density at radius 3 is 2.83 bits per heavy atom. The average Bonchev–Trinajstić information content (AvgIpc) is 3.04. The van der Waals surface area contributed by atoms with Crippen molar-refractivity contribution in [3.05, 3.63) is 33.9 Å². The average molecular weight is 330 g/mol. The number of rotatable bonds is 4. The highest BCUT2D eigenvalue weighted by Crippen LogP contribution is 2.36. The topological polar surface area (TPSA) is 111 Å². The first kappa shape index (κ1) is 15.4. The molecule has 1 heterocycles. The number of benzene rings is 1. The lowest BCUT2D eigenvalue weighted by Crippen LogP contribution is -2.15. The van der Waals surface area contributed by atoms with Crippen molar-refractivity contribution >= 4 is 17.4 Å². The zero-order valence-corrected chi connectivity index (χ0v) is 13.1. The third kappa shape index (κ3) is 3.32. The van der Waals surface area contributed by atoms with Crippen LogP contribution in [0, 0.1) is 21.4 Å². The second-order valence-electron chi connectivity index (χ2n) is 5.35. The van der Waals surface area contributed by atoms with Crippen LogP contribution < -0.4 is 0 Å². The number of nitro benzene ring substituents is 1. The van der Waals surface area contributed by atoms with E-state index < -0.39 is 4.92 Å². The maximum absolute atomic E-state index is 11.2. The third-order valence-electron chi connectivity index (χ3n) is 3.87. The molecule has 0 amide bonds. The Morgan fingerprint density at radius 2 is 2.13 bits per heavy atom. The summed E-state index contributed by atoms with van der Waals surface area (Å²) in [7, 11) is 0. The zero-order chi connectivity index (χ0) is 16.2. The number of hydrogen-bond donors (Lipinski definition) is 0. The third-order valence-corrected chi connectivity index (χ3v) is 4.89. The molecular weight excluding hydrogens is 316 g/mol. The van der Waals surface area contributed by atoms with E-state index in [-0.39, 0.29) is 17.3 Å². The van der Waals surface area contributed by atoms with E-state index in [1.165, 1.54) is 12.5 Å². The molecular formula is C14H14N6O2S. The van der Waals surface area contributed by atoms with E-state index in [4.69, 9.17) is 5.26 Å². The fourth-order valence-electron chi connectivity index (χ4n) is 2.72. The van der Waals surface area contributed by atoms with Crippen LogP contribution in [0.15, 0.2) is 28.3 Å². The van der Waals surface area contributed by atoms with Gasteiger partial charge in [0.25, 0.3) is 5.69 Å². The van der Waals surface area contributed by atoms with E-state index in [1.807, 2.05) is 6.07 Å². The Bertz CT molecular complexity index is 763. The molecule has 1 aromatic carbocycles. The minimum absolute atomic E-state index is 0.104. The van der Waals surface area contributed by atoms with Gasteiger partial charge < -0.3 is 0 Å². The van der Waals surface area contributed by atoms with Gasteiger partial charge in [-0.05, 0) is 47.2 Å². The monoisotopic (exact) mass is 330 g/mol. The van der Waals surface area contributed by atoms with Gasteiger partial charge in [-0.15, -0.1) is 5.10 Å². The SMILES string of the molecule is N#Cc1ccc(Sc2nnnn2C2CCCCC2)c([N+](=O)[O-])c1. The van der Waals surface area contributed by atoms with Crippen LogP contribution in [0.3, 0.4) is 0 Å². The van der Waals surface area contributed by atoms with Crippen LogP contribution in [0.1, 0.15) is 43.7 Å². The van der Waals surface area contributed by atoms with E-state index in [2.05, 4.69) is 15.5 Å². The lowest BCUT2D eigenvalue weighted by molar-refractivity contribution is -0.387. The van der Waals surface area contributed by atoms with Gasteiger partial charge in [0.05, 0.1) is 27.5 Å². The molecule has 1 saturated carbocycles. The van der Waals surface area contributed by atoms with Crippen molar-refractivity contribution in [1.82, 2.24) is 20.2 Å². The second-order valence-corrected chi connectivity index (χ2v) is 6.36. The molecule has 0 aliphatic heterocycles. The van der Waals surface area contributed by atoms with Gasteiger partial charge in [0.1, 0.15) is 0 Å². The molecule has 2 aromatic rings. The van der Waals surface area contributed by atoms with Crippen molar-refractivity contribution in [3.8, 4) is 6.07 Å². The summed E-state index contributed by atoms with van der Waals surface area (Å²) in [4.78, 5) is 11.2. The van der Waals surface area contributed by atoms with Gasteiger partial charge >= 0.3 is 0 Å². The van der Waals surface area contributed by atoms with E-state index in [0.29, 0.717) is 10.1 Å². The standard InChI is InChI=1S/C14H14N6O2S/c15-9-10-6-7-13(12(8-10)20(21)22)23-14-16-17-18-19(14)11-4-2-1-3-5-11/h6-8,11H,1-5H2. The molecule has 1 aromatic heterocycles. The van der Waals surface area contributed by atoms with Gasteiger partial charge in [0.2, 0.25) is 5.16 Å². The first-order chi connectivity index (χ1) is 11.2. The van der Waals surface area contributed by atoms with Crippen LogP contribution in [-0.4, -0.2) is 25.1 Å². The number of nitriles is 1. The first-order valence-electron chi connectivity index (χ1n) is 7.33. The number of hydrogen-bond acceptors (Lipinski definition) is 7. The Labute approximate surface area is 136 Å². The molecule has 3 rings (SSSR count). The largest absolute Gasteiger partial charge is 0.284 e. The molecule has 1 aliphatic rings. The number of aromatic nitrogens is 4. The van der Waals surface area contributed by atoms with Crippen molar-refractivity contribution in [2.45, 2.75) is 48.2 Å². The summed E-state index contributed by atoms with van der Waals surface area (Å²) < 4.78 is 1.77. The van der Waals surface area contributed by atoms with Crippen molar-refractivity contribution in [3.63, 3.8) is 0 Å². The van der Waals surface area contributed by atoms with Crippen LogP contribution >= 0.6 is 11.8 Å². The Morgan fingerprint density at radius 1 is 1.35 bits per heavy atom. The summed E-state index contributed by atoms with van der Waals surface area (Å²) >= 11 is 1.16. The van der Waals surface area contributed by atoms with Gasteiger partial charge in [-0.2, -0.15) is 5.26 Å². The van der Waals surface area contributed by atoms with E-state index in [0.717, 1.165) is 37.4 Å². The summed E-state index contributed by atoms with van der Waals surface area (Å²) in [5, 5.41) is 32.5. The molecule has 0 unspecified atom stereocenters. The summed E-state index contributed by atoms with van der Waals surface area (Å²) in [6.07, 6.45) is 5.56. The quantitative estimate of drug-likeness (QED) is 0.625. The highest BCUT2D eigenvalue weighted by atomic mass is 32.2. The molecule has 0 saturated heterocycles. The number of nitro groups is 1. The fraction of sp³-hybridized carbons (Fsp3) is 0.429. The zero-order valence-electron chi connectivity index (χ0n) is 12.3. The Hall–Kier alpha value is -2.47. The van der Waals surface area contributed by atoms with Crippen LogP contribution in [-0.2, 0) is 0 Å². The molecule has 0 atom stereocenters. The van der Waals surface area contributed by atoms with E-state index in [9.17, 15) is 10.1 Å². The maximum atomic E-state index is 11.2. The minimum Gasteiger partial charge on any atom is -0.258 e. The lowest BCUT2D eigenvalue weighted by Gasteiger charge is -2.21. The Kier molecular flexibility index (Phi) is 4.52. The van der Waals surface area contributed by atoms with Gasteiger partial charge in [0, 0.05) is 6.07 Å². The molecule has 0 bridgehead atoms. The molecule has 23 heavy (non-hydrogen) atoms. The Balaban J connectivity index is 1.90. The number of nitrogens with zero attached hydrogens (tertiary/aromatic N) is 6. The lowest BCUT2D eigenvalue weighted by atomic mass is 9.96. The van der Waals surface area contributed by atoms with Crippen LogP contribution in [0.4, 0.5) is 5.69 Å². The molecule has 1 fully saturated rings. The van der Waals surface area contributed by atoms with Crippen LogP contribution in [0.2, 0.25) is 0 Å². The number of tetrazole rings is 1. The van der Waals surface area contributed by atoms with Crippen LogP contribution in [0.25, 0.3) is 0 Å². The van der Waals surface area contributed by atoms with Crippen molar-refractivity contribution in [2.75, 3.05) is 0 Å². The van der Waals surface area contributed by atoms with Crippen LogP contribution in [0.5, 0.6) is 0 Å². The molecule has 1 aliphatic carbocycles. The van der Waals surface area contributed by atoms with Gasteiger partial charge in [-0.3, -0.25) is 10.1 Å². The van der Waals surface area contributed by atoms with Gasteiger partial charge in [-0.25, -0.2) is 4.68 Å². The molecule has 0 radical (unpaired) electrons. The summed E-state index contributed by atoms with van der Waals surface area (Å²) in [5.41, 5.74) is 0.153. The molecule has 8 nitrogen and oxygen atoms in total. The van der Waals surface area contributed by atoms with Gasteiger partial charge in [-0.1, -0.05) is 19.3 Å². The first-order valence-corrected chi connectivity index (χ1v) is 8.15. The minimum atomic E-state index is -0.488.